The predicted octanol–water partition coefficient (Wildman–Crippen LogP) is -1.20. The van der Waals surface area contributed by atoms with Gasteiger partial charge in [0.2, 0.25) is 0 Å². The van der Waals surface area contributed by atoms with Crippen LogP contribution < -0.4 is 5.73 Å². The van der Waals surface area contributed by atoms with E-state index in [0.29, 0.717) is 6.42 Å². The van der Waals surface area contributed by atoms with Crippen molar-refractivity contribution in [2.24, 2.45) is 5.73 Å². The van der Waals surface area contributed by atoms with Gasteiger partial charge < -0.3 is 20.7 Å². The van der Waals surface area contributed by atoms with E-state index in [4.69, 9.17) is 15.6 Å². The van der Waals surface area contributed by atoms with Crippen LogP contribution in [0.5, 0.6) is 0 Å². The second kappa shape index (κ2) is 2.84. The average molecular weight is 147 g/mol. The van der Waals surface area contributed by atoms with Crippen molar-refractivity contribution in [3.63, 3.8) is 0 Å². The zero-order valence-corrected chi connectivity index (χ0v) is 5.90. The molecule has 0 radical (unpaired) electrons. The molecule has 0 aliphatic carbocycles. The van der Waals surface area contributed by atoms with Gasteiger partial charge in [-0.25, -0.2) is 0 Å². The molecule has 2 unspecified atom stereocenters. The highest BCUT2D eigenvalue weighted by Crippen LogP contribution is 2.16. The highest BCUT2D eigenvalue weighted by Gasteiger charge is 2.31. The Bertz CT molecular complexity index is 108. The molecule has 1 aliphatic heterocycles. The van der Waals surface area contributed by atoms with Crippen molar-refractivity contribution in [3.05, 3.63) is 0 Å². The van der Waals surface area contributed by atoms with Crippen LogP contribution >= 0.6 is 0 Å². The fourth-order valence-corrected chi connectivity index (χ4v) is 1.10. The maximum absolute atomic E-state index is 9.20. The highest BCUT2D eigenvalue weighted by atomic mass is 16.6. The second-order valence-corrected chi connectivity index (χ2v) is 2.69. The van der Waals surface area contributed by atoms with E-state index in [9.17, 15) is 5.11 Å². The van der Waals surface area contributed by atoms with Gasteiger partial charge in [0, 0.05) is 12.5 Å². The lowest BCUT2D eigenvalue weighted by atomic mass is 10.0. The number of nitrogens with two attached hydrogens (primary N) is 1. The Kier molecular flexibility index (Phi) is 2.25. The molecule has 0 aromatic heterocycles. The average Bonchev–Trinajstić information content (AvgIpc) is 1.82. The molecule has 1 fully saturated rings. The van der Waals surface area contributed by atoms with E-state index < -0.39 is 12.4 Å². The first kappa shape index (κ1) is 7.94. The molecule has 0 amide bonds. The summed E-state index contributed by atoms with van der Waals surface area (Å²) in [6.45, 7) is 1.69. The standard InChI is InChI=1S/C6H13NO3/c1-3-6(9)4(7)2-5(8)10-3/h3-6,8-9H,2,7H2,1H3/t3-,4?,5?,6+/m0/s1. The molecular weight excluding hydrogens is 134 g/mol. The van der Waals surface area contributed by atoms with Crippen molar-refractivity contribution < 1.29 is 14.9 Å². The fraction of sp³-hybridized carbons (Fsp3) is 1.00. The molecule has 60 valence electrons. The van der Waals surface area contributed by atoms with Crippen molar-refractivity contribution in [2.75, 3.05) is 0 Å². The van der Waals surface area contributed by atoms with Crippen molar-refractivity contribution in [2.45, 2.75) is 37.9 Å². The molecule has 0 spiro atoms. The third-order valence-electron chi connectivity index (χ3n) is 1.77. The molecule has 0 aromatic rings. The number of rotatable bonds is 0. The second-order valence-electron chi connectivity index (χ2n) is 2.69. The van der Waals surface area contributed by atoms with Crippen molar-refractivity contribution in [1.29, 1.82) is 0 Å². The summed E-state index contributed by atoms with van der Waals surface area (Å²) in [7, 11) is 0. The van der Waals surface area contributed by atoms with E-state index in [0.717, 1.165) is 0 Å². The van der Waals surface area contributed by atoms with Crippen LogP contribution in [0.15, 0.2) is 0 Å². The summed E-state index contributed by atoms with van der Waals surface area (Å²) in [5, 5.41) is 18.2. The Balaban J connectivity index is 2.49. The molecule has 0 aromatic carbocycles. The van der Waals surface area contributed by atoms with Gasteiger partial charge in [-0.1, -0.05) is 0 Å². The van der Waals surface area contributed by atoms with E-state index in [1.807, 2.05) is 0 Å². The third kappa shape index (κ3) is 1.46. The smallest absolute Gasteiger partial charge is 0.156 e. The molecule has 4 nitrogen and oxygen atoms in total. The van der Waals surface area contributed by atoms with Crippen molar-refractivity contribution in [1.82, 2.24) is 0 Å². The van der Waals surface area contributed by atoms with E-state index in [1.165, 1.54) is 0 Å². The molecule has 1 saturated heterocycles. The molecule has 4 atom stereocenters. The quantitative estimate of drug-likeness (QED) is 0.402. The number of aliphatic hydroxyl groups excluding tert-OH is 2. The summed E-state index contributed by atoms with van der Waals surface area (Å²) in [6.07, 6.45) is -1.51. The van der Waals surface area contributed by atoms with Crippen LogP contribution in [0.25, 0.3) is 0 Å². The van der Waals surface area contributed by atoms with Crippen LogP contribution in [0, 0.1) is 0 Å². The van der Waals surface area contributed by atoms with Crippen molar-refractivity contribution in [3.8, 4) is 0 Å². The Morgan fingerprint density at radius 2 is 2.10 bits per heavy atom. The van der Waals surface area contributed by atoms with Gasteiger partial charge in [-0.15, -0.1) is 0 Å². The number of hydrogen-bond acceptors (Lipinski definition) is 4. The summed E-state index contributed by atoms with van der Waals surface area (Å²) < 4.78 is 4.89. The van der Waals surface area contributed by atoms with Crippen molar-refractivity contribution >= 4 is 0 Å². The Morgan fingerprint density at radius 3 is 2.60 bits per heavy atom. The molecular formula is C6H13NO3. The molecule has 4 N–H and O–H groups in total. The number of hydrogen-bond donors (Lipinski definition) is 3. The van der Waals surface area contributed by atoms with E-state index >= 15 is 0 Å². The lowest BCUT2D eigenvalue weighted by Crippen LogP contribution is -2.51. The van der Waals surface area contributed by atoms with E-state index in [1.54, 1.807) is 6.92 Å². The van der Waals surface area contributed by atoms with Gasteiger partial charge >= 0.3 is 0 Å². The minimum atomic E-state index is -0.812. The summed E-state index contributed by atoms with van der Waals surface area (Å²) in [5.74, 6) is 0. The van der Waals surface area contributed by atoms with Gasteiger partial charge in [0.05, 0.1) is 12.2 Å². The molecule has 1 rings (SSSR count). The maximum Gasteiger partial charge on any atom is 0.156 e. The largest absolute Gasteiger partial charge is 0.389 e. The monoisotopic (exact) mass is 147 g/mol. The minimum absolute atomic E-state index is 0.311. The Morgan fingerprint density at radius 1 is 1.50 bits per heavy atom. The van der Waals surface area contributed by atoms with Gasteiger partial charge in [0.1, 0.15) is 0 Å². The molecule has 0 bridgehead atoms. The van der Waals surface area contributed by atoms with Gasteiger partial charge in [-0.05, 0) is 6.92 Å². The summed E-state index contributed by atoms with van der Waals surface area (Å²) in [4.78, 5) is 0. The summed E-state index contributed by atoms with van der Waals surface area (Å²) >= 11 is 0. The van der Waals surface area contributed by atoms with Crippen LogP contribution in [0.1, 0.15) is 13.3 Å². The topological polar surface area (TPSA) is 75.7 Å². The predicted molar refractivity (Wildman–Crippen MR) is 35.2 cm³/mol. The van der Waals surface area contributed by atoms with Gasteiger partial charge in [-0.3, -0.25) is 0 Å². The maximum atomic E-state index is 9.20. The van der Waals surface area contributed by atoms with Crippen LogP contribution in [0.4, 0.5) is 0 Å². The zero-order valence-electron chi connectivity index (χ0n) is 5.90. The molecule has 0 saturated carbocycles. The summed E-state index contributed by atoms with van der Waals surface area (Å²) in [5.41, 5.74) is 5.47. The summed E-state index contributed by atoms with van der Waals surface area (Å²) in [6, 6.07) is -0.362. The SMILES string of the molecule is C[C@@H]1OC(O)CC(N)[C@@H]1O. The Hall–Kier alpha value is -0.160. The van der Waals surface area contributed by atoms with E-state index in [-0.39, 0.29) is 12.1 Å². The minimum Gasteiger partial charge on any atom is -0.389 e. The Labute approximate surface area is 59.6 Å². The van der Waals surface area contributed by atoms with E-state index in [2.05, 4.69) is 0 Å². The first-order valence-corrected chi connectivity index (χ1v) is 3.38. The number of aliphatic hydroxyl groups is 2. The molecule has 1 heterocycles. The highest BCUT2D eigenvalue weighted by molar-refractivity contribution is 4.82. The molecule has 4 heteroatoms. The van der Waals surface area contributed by atoms with Crippen LogP contribution in [0.2, 0.25) is 0 Å². The van der Waals surface area contributed by atoms with Crippen LogP contribution in [0.3, 0.4) is 0 Å². The fourth-order valence-electron chi connectivity index (χ4n) is 1.10. The first-order valence-electron chi connectivity index (χ1n) is 3.38. The van der Waals surface area contributed by atoms with Gasteiger partial charge in [0.15, 0.2) is 6.29 Å². The van der Waals surface area contributed by atoms with Crippen LogP contribution in [-0.2, 0) is 4.74 Å². The first-order chi connectivity index (χ1) is 4.61. The van der Waals surface area contributed by atoms with Crippen LogP contribution in [-0.4, -0.2) is 34.8 Å². The normalized spacial score (nSPS) is 49.2. The molecule has 10 heavy (non-hydrogen) atoms. The lowest BCUT2D eigenvalue weighted by Gasteiger charge is -2.33. The zero-order chi connectivity index (χ0) is 7.72. The third-order valence-corrected chi connectivity index (χ3v) is 1.77. The van der Waals surface area contributed by atoms with Gasteiger partial charge in [0.25, 0.3) is 0 Å². The molecule has 1 aliphatic rings. The lowest BCUT2D eigenvalue weighted by molar-refractivity contribution is -0.198. The van der Waals surface area contributed by atoms with Gasteiger partial charge in [-0.2, -0.15) is 0 Å². The number of ether oxygens (including phenoxy) is 1.